The first-order valence-electron chi connectivity index (χ1n) is 5.10. The van der Waals surface area contributed by atoms with Gasteiger partial charge in [-0.05, 0) is 18.6 Å². The summed E-state index contributed by atoms with van der Waals surface area (Å²) in [6.45, 7) is 3.20. The Morgan fingerprint density at radius 1 is 1.38 bits per heavy atom. The Hall–Kier alpha value is -2.04. The molecule has 1 aromatic heterocycles. The molecule has 0 aliphatic carbocycles. The number of nitrogen functional groups attached to an aromatic ring is 1. The second-order valence-electron chi connectivity index (χ2n) is 3.52. The number of aryl methyl sites for hydroxylation is 1. The van der Waals surface area contributed by atoms with Crippen molar-refractivity contribution in [2.75, 3.05) is 12.3 Å². The van der Waals surface area contributed by atoms with Crippen molar-refractivity contribution in [2.45, 2.75) is 13.5 Å². The Balaban J connectivity index is 1.87. The summed E-state index contributed by atoms with van der Waals surface area (Å²) in [5, 5.41) is 7.53. The average molecular weight is 218 g/mol. The molecule has 0 saturated carbocycles. The molecule has 2 rings (SSSR count). The average Bonchev–Trinajstić information content (AvgIpc) is 2.67. The lowest BCUT2D eigenvalue weighted by atomic mass is 10.2. The largest absolute Gasteiger partial charge is 0.491 e. The van der Waals surface area contributed by atoms with E-state index in [0.29, 0.717) is 19.0 Å². The van der Waals surface area contributed by atoms with Crippen LogP contribution in [0.1, 0.15) is 5.56 Å². The Kier molecular flexibility index (Phi) is 3.05. The minimum Gasteiger partial charge on any atom is -0.491 e. The van der Waals surface area contributed by atoms with E-state index >= 15 is 0 Å². The van der Waals surface area contributed by atoms with E-state index in [1.165, 1.54) is 0 Å². The predicted octanol–water partition coefficient (Wildman–Crippen LogP) is 1.25. The molecule has 0 aliphatic heterocycles. The van der Waals surface area contributed by atoms with Crippen molar-refractivity contribution in [3.63, 3.8) is 0 Å². The summed E-state index contributed by atoms with van der Waals surface area (Å²) in [6, 6.07) is 7.91. The number of anilines is 1. The predicted molar refractivity (Wildman–Crippen MR) is 61.1 cm³/mol. The third-order valence-electron chi connectivity index (χ3n) is 2.23. The molecule has 0 aliphatic rings. The Labute approximate surface area is 93.8 Å². The van der Waals surface area contributed by atoms with Gasteiger partial charge in [0.05, 0.1) is 12.7 Å². The van der Waals surface area contributed by atoms with E-state index in [1.807, 2.05) is 31.2 Å². The molecule has 16 heavy (non-hydrogen) atoms. The van der Waals surface area contributed by atoms with E-state index in [0.717, 1.165) is 11.3 Å². The quantitative estimate of drug-likeness (QED) is 0.838. The molecule has 0 saturated heterocycles. The van der Waals surface area contributed by atoms with Gasteiger partial charge >= 0.3 is 0 Å². The van der Waals surface area contributed by atoms with Crippen LogP contribution in [0.4, 0.5) is 5.82 Å². The molecule has 2 aromatic rings. The van der Waals surface area contributed by atoms with E-state index in [-0.39, 0.29) is 0 Å². The number of hydrogen-bond donors (Lipinski definition) is 1. The van der Waals surface area contributed by atoms with Crippen LogP contribution in [0, 0.1) is 6.92 Å². The number of nitrogens with zero attached hydrogens (tertiary/aromatic N) is 3. The first-order chi connectivity index (χ1) is 7.75. The zero-order valence-corrected chi connectivity index (χ0v) is 9.13. The van der Waals surface area contributed by atoms with Crippen molar-refractivity contribution in [2.24, 2.45) is 0 Å². The van der Waals surface area contributed by atoms with Crippen molar-refractivity contribution in [3.05, 3.63) is 36.0 Å². The molecule has 1 aromatic carbocycles. The van der Waals surface area contributed by atoms with Crippen molar-refractivity contribution in [1.29, 1.82) is 0 Å². The molecule has 0 radical (unpaired) electrons. The molecular weight excluding hydrogens is 204 g/mol. The number of benzene rings is 1. The molecule has 0 unspecified atom stereocenters. The highest BCUT2D eigenvalue weighted by molar-refractivity contribution is 5.31. The van der Waals surface area contributed by atoms with Crippen LogP contribution < -0.4 is 10.5 Å². The first-order valence-corrected chi connectivity index (χ1v) is 5.10. The van der Waals surface area contributed by atoms with Crippen LogP contribution in [-0.2, 0) is 6.54 Å². The third-order valence-corrected chi connectivity index (χ3v) is 2.23. The SMILES string of the molecule is Cc1ccccc1OCCn1cc(N)nn1. The summed E-state index contributed by atoms with van der Waals surface area (Å²) in [5.74, 6) is 1.33. The fourth-order valence-electron chi connectivity index (χ4n) is 1.39. The lowest BCUT2D eigenvalue weighted by Gasteiger charge is -2.08. The molecule has 0 bridgehead atoms. The van der Waals surface area contributed by atoms with Crippen LogP contribution in [0.5, 0.6) is 5.75 Å². The highest BCUT2D eigenvalue weighted by Gasteiger charge is 1.99. The number of para-hydroxylation sites is 1. The minimum atomic E-state index is 0.427. The maximum absolute atomic E-state index is 5.62. The monoisotopic (exact) mass is 218 g/mol. The second kappa shape index (κ2) is 4.65. The van der Waals surface area contributed by atoms with Crippen molar-refractivity contribution in [1.82, 2.24) is 15.0 Å². The normalized spacial score (nSPS) is 10.3. The molecule has 0 spiro atoms. The standard InChI is InChI=1S/C11H14N4O/c1-9-4-2-3-5-10(9)16-7-6-15-8-11(12)13-14-15/h2-5,8H,6-7,12H2,1H3. The summed E-state index contributed by atoms with van der Waals surface area (Å²) in [6.07, 6.45) is 1.68. The minimum absolute atomic E-state index is 0.427. The van der Waals surface area contributed by atoms with Crippen LogP contribution in [0.2, 0.25) is 0 Å². The van der Waals surface area contributed by atoms with Crippen LogP contribution >= 0.6 is 0 Å². The summed E-state index contributed by atoms with van der Waals surface area (Å²) in [4.78, 5) is 0. The molecule has 5 nitrogen and oxygen atoms in total. The number of hydrogen-bond acceptors (Lipinski definition) is 4. The van der Waals surface area contributed by atoms with Crippen molar-refractivity contribution >= 4 is 5.82 Å². The van der Waals surface area contributed by atoms with Gasteiger partial charge in [0.1, 0.15) is 12.4 Å². The first kappa shape index (κ1) is 10.5. The molecule has 5 heteroatoms. The second-order valence-corrected chi connectivity index (χ2v) is 3.52. The number of aromatic nitrogens is 3. The zero-order valence-electron chi connectivity index (χ0n) is 9.13. The highest BCUT2D eigenvalue weighted by Crippen LogP contribution is 2.15. The van der Waals surface area contributed by atoms with Gasteiger partial charge in [0, 0.05) is 0 Å². The number of nitrogens with two attached hydrogens (primary N) is 1. The van der Waals surface area contributed by atoms with Crippen LogP contribution in [0.3, 0.4) is 0 Å². The van der Waals surface area contributed by atoms with Gasteiger partial charge in [-0.25, -0.2) is 4.68 Å². The topological polar surface area (TPSA) is 66.0 Å². The number of ether oxygens (including phenoxy) is 1. The van der Waals surface area contributed by atoms with Gasteiger partial charge in [0.2, 0.25) is 0 Å². The molecular formula is C11H14N4O. The smallest absolute Gasteiger partial charge is 0.165 e. The maximum atomic E-state index is 5.62. The summed E-state index contributed by atoms with van der Waals surface area (Å²) in [7, 11) is 0. The van der Waals surface area contributed by atoms with Crippen LogP contribution in [0.25, 0.3) is 0 Å². The molecule has 0 fully saturated rings. The Morgan fingerprint density at radius 3 is 2.88 bits per heavy atom. The van der Waals surface area contributed by atoms with E-state index in [4.69, 9.17) is 10.5 Å². The summed E-state index contributed by atoms with van der Waals surface area (Å²) < 4.78 is 7.28. The lowest BCUT2D eigenvalue weighted by Crippen LogP contribution is -2.09. The fraction of sp³-hybridized carbons (Fsp3) is 0.273. The van der Waals surface area contributed by atoms with Gasteiger partial charge in [-0.2, -0.15) is 0 Å². The van der Waals surface area contributed by atoms with Crippen molar-refractivity contribution < 1.29 is 4.74 Å². The van der Waals surface area contributed by atoms with E-state index in [2.05, 4.69) is 10.3 Å². The fourth-order valence-corrected chi connectivity index (χ4v) is 1.39. The van der Waals surface area contributed by atoms with Crippen LogP contribution in [-0.4, -0.2) is 21.6 Å². The van der Waals surface area contributed by atoms with E-state index < -0.39 is 0 Å². The van der Waals surface area contributed by atoms with Crippen LogP contribution in [0.15, 0.2) is 30.5 Å². The van der Waals surface area contributed by atoms with Gasteiger partial charge < -0.3 is 10.5 Å². The number of rotatable bonds is 4. The molecule has 1 heterocycles. The van der Waals surface area contributed by atoms with E-state index in [9.17, 15) is 0 Å². The lowest BCUT2D eigenvalue weighted by molar-refractivity contribution is 0.288. The maximum Gasteiger partial charge on any atom is 0.165 e. The molecule has 0 amide bonds. The van der Waals surface area contributed by atoms with E-state index in [1.54, 1.807) is 10.9 Å². The van der Waals surface area contributed by atoms with Crippen molar-refractivity contribution in [3.8, 4) is 5.75 Å². The van der Waals surface area contributed by atoms with Gasteiger partial charge in [-0.15, -0.1) is 5.10 Å². The zero-order chi connectivity index (χ0) is 11.4. The molecule has 2 N–H and O–H groups in total. The third kappa shape index (κ3) is 2.50. The summed E-state index contributed by atoms with van der Waals surface area (Å²) in [5.41, 5.74) is 6.58. The summed E-state index contributed by atoms with van der Waals surface area (Å²) >= 11 is 0. The van der Waals surface area contributed by atoms with Gasteiger partial charge in [0.15, 0.2) is 5.82 Å². The molecule has 0 atom stereocenters. The highest BCUT2D eigenvalue weighted by atomic mass is 16.5. The van der Waals surface area contributed by atoms with Gasteiger partial charge in [-0.3, -0.25) is 0 Å². The van der Waals surface area contributed by atoms with Gasteiger partial charge in [-0.1, -0.05) is 23.4 Å². The molecule has 84 valence electrons. The Morgan fingerprint density at radius 2 is 2.19 bits per heavy atom. The van der Waals surface area contributed by atoms with Gasteiger partial charge in [0.25, 0.3) is 0 Å². The Bertz CT molecular complexity index is 467.